The zero-order chi connectivity index (χ0) is 45.6. The molecule has 0 amide bonds. The molecule has 0 radical (unpaired) electrons. The molecule has 0 aliphatic heterocycles. The van der Waals surface area contributed by atoms with E-state index in [1.165, 1.54) is 5.57 Å². The zero-order valence-corrected chi connectivity index (χ0v) is 40.1. The van der Waals surface area contributed by atoms with Crippen LogP contribution < -0.4 is 4.74 Å². The van der Waals surface area contributed by atoms with E-state index in [1.807, 2.05) is 18.2 Å². The summed E-state index contributed by atoms with van der Waals surface area (Å²) >= 11 is 0. The van der Waals surface area contributed by atoms with Crippen molar-refractivity contribution in [2.75, 3.05) is 0 Å². The summed E-state index contributed by atoms with van der Waals surface area (Å²) in [5.74, 6) is 0.0838. The lowest BCUT2D eigenvalue weighted by Crippen LogP contribution is -2.62. The van der Waals surface area contributed by atoms with Crippen molar-refractivity contribution in [3.05, 3.63) is 69.4 Å². The average Bonchev–Trinajstić information content (AvgIpc) is 3.21. The van der Waals surface area contributed by atoms with Crippen LogP contribution in [0.15, 0.2) is 52.7 Å². The van der Waals surface area contributed by atoms with Gasteiger partial charge in [-0.3, -0.25) is 24.0 Å². The Morgan fingerprint density at radius 1 is 0.603 bits per heavy atom. The highest BCUT2D eigenvalue weighted by Crippen LogP contribution is 2.76. The molecule has 0 aromatic heterocycles. The summed E-state index contributed by atoms with van der Waals surface area (Å²) < 4.78 is 6.92. The first-order chi connectivity index (χ1) is 29.2. The predicted molar refractivity (Wildman–Crippen MR) is 243 cm³/mol. The summed E-state index contributed by atoms with van der Waals surface area (Å²) in [7, 11) is 0. The maximum absolute atomic E-state index is 14.5. The predicted octanol–water partition coefficient (Wildman–Crippen LogP) is 11.6. The van der Waals surface area contributed by atoms with Gasteiger partial charge in [-0.25, -0.2) is 0 Å². The van der Waals surface area contributed by atoms with Gasteiger partial charge >= 0.3 is 0 Å². The first-order valence-corrected chi connectivity index (χ1v) is 24.3. The molecule has 9 aliphatic rings. The van der Waals surface area contributed by atoms with Crippen LogP contribution in [0.3, 0.4) is 0 Å². The lowest BCUT2D eigenvalue weighted by Gasteiger charge is -2.69. The fourth-order valence-corrected chi connectivity index (χ4v) is 17.4. The minimum atomic E-state index is -1.73. The molecule has 1 N–H and O–H groups in total. The minimum absolute atomic E-state index is 0.0252. The monoisotopic (exact) mass is 855 g/mol. The number of ketones is 5. The SMILES string of the molecule is Cc1c(O)c(OC2(C)C(=O)C(=O)C=C3C2=CC=C2C3(C)CCC3(C)C4CC(C)C(=O)CC4(C)CCC23C)cc2c1C(=O)C=C1C2(C)CCC2(C)C3CC(C)C(=O)CC3(C)CCC12C. The van der Waals surface area contributed by atoms with Gasteiger partial charge in [-0.1, -0.05) is 87.0 Å². The van der Waals surface area contributed by atoms with Crippen LogP contribution in [0.4, 0.5) is 0 Å². The molecule has 1 aromatic carbocycles. The molecule has 0 saturated heterocycles. The van der Waals surface area contributed by atoms with E-state index in [0.29, 0.717) is 52.9 Å². The van der Waals surface area contributed by atoms with Crippen LogP contribution in [0.25, 0.3) is 0 Å². The Morgan fingerprint density at radius 2 is 1.13 bits per heavy atom. The van der Waals surface area contributed by atoms with E-state index in [-0.39, 0.29) is 61.6 Å². The van der Waals surface area contributed by atoms with E-state index in [0.717, 1.165) is 80.9 Å². The number of carbonyl (C=O) groups is 5. The molecule has 1 aromatic rings. The van der Waals surface area contributed by atoms with Crippen molar-refractivity contribution in [2.24, 2.45) is 61.6 Å². The molecule has 0 spiro atoms. The lowest BCUT2D eigenvalue weighted by atomic mass is 9.35. The van der Waals surface area contributed by atoms with Crippen LogP contribution in [0, 0.1) is 68.5 Å². The highest BCUT2D eigenvalue weighted by atomic mass is 16.5. The van der Waals surface area contributed by atoms with Gasteiger partial charge in [0.15, 0.2) is 22.9 Å². The molecule has 0 bridgehead atoms. The molecular formula is C56H70O7. The van der Waals surface area contributed by atoms with Crippen molar-refractivity contribution in [1.29, 1.82) is 0 Å². The molecule has 13 atom stereocenters. The number of Topliss-reactive ketones (excluding diaryl/α,β-unsaturated/α-hetero) is 3. The highest BCUT2D eigenvalue weighted by molar-refractivity contribution is 6.46. The number of phenolic OH excluding ortho intramolecular Hbond substituents is 1. The lowest BCUT2D eigenvalue weighted by molar-refractivity contribution is -0.162. The summed E-state index contributed by atoms with van der Waals surface area (Å²) in [6, 6.07) is 1.82. The number of hydrogen-bond donors (Lipinski definition) is 1. The second-order valence-corrected chi connectivity index (χ2v) is 24.9. The third-order valence-electron chi connectivity index (χ3n) is 21.9. The van der Waals surface area contributed by atoms with Gasteiger partial charge in [0, 0.05) is 52.2 Å². The van der Waals surface area contributed by atoms with E-state index >= 15 is 0 Å². The number of phenols is 1. The van der Waals surface area contributed by atoms with E-state index in [1.54, 1.807) is 19.9 Å². The maximum Gasteiger partial charge on any atom is 0.250 e. The second kappa shape index (κ2) is 12.7. The van der Waals surface area contributed by atoms with Gasteiger partial charge in [0.05, 0.1) is 0 Å². The number of carbonyl (C=O) groups excluding carboxylic acids is 5. The number of allylic oxidation sites excluding steroid dienone is 6. The Hall–Kier alpha value is -3.87. The van der Waals surface area contributed by atoms with Gasteiger partial charge in [0.25, 0.3) is 0 Å². The summed E-state index contributed by atoms with van der Waals surface area (Å²) in [5.41, 5.74) is 2.04. The fraction of sp³-hybridized carbons (Fsp3) is 0.661. The topological polar surface area (TPSA) is 115 Å². The Labute approximate surface area is 375 Å². The van der Waals surface area contributed by atoms with E-state index in [2.05, 4.69) is 75.3 Å². The van der Waals surface area contributed by atoms with Crippen LogP contribution in [0.1, 0.15) is 175 Å². The Bertz CT molecular complexity index is 2520. The standard InChI is InChI=1S/C56H70O7/c1-30-23-42-48(4,28-38(30)59)15-19-52(8)41-14-13-33-34(50(41,6)17-21-53(42,52)9)25-37(58)47(62)56(33,12)63-40-26-35-45(32(3)46(40)61)36(57)27-44-51(35,7)18-22-54(10)43-24-31(2)39(60)29-49(43,5)16-20-55(44,54)11/h13-14,25-27,30-31,42-43,61H,15-24,28-29H2,1-12H3. The Kier molecular flexibility index (Phi) is 8.69. The quantitative estimate of drug-likeness (QED) is 0.295. The third kappa shape index (κ3) is 5.07. The largest absolute Gasteiger partial charge is 0.504 e. The number of fused-ring (bicyclic) bond motifs is 14. The van der Waals surface area contributed by atoms with Gasteiger partial charge in [-0.05, 0) is 157 Å². The molecule has 63 heavy (non-hydrogen) atoms. The molecule has 6 fully saturated rings. The Morgan fingerprint density at radius 3 is 1.68 bits per heavy atom. The molecule has 13 unspecified atom stereocenters. The summed E-state index contributed by atoms with van der Waals surface area (Å²) in [6.45, 7) is 26.4. The van der Waals surface area contributed by atoms with E-state index < -0.39 is 28.0 Å². The number of aromatic hydroxyl groups is 1. The minimum Gasteiger partial charge on any atom is -0.504 e. The average molecular weight is 855 g/mol. The number of benzene rings is 1. The number of rotatable bonds is 2. The van der Waals surface area contributed by atoms with E-state index in [9.17, 15) is 29.1 Å². The molecule has 10 rings (SSSR count). The van der Waals surface area contributed by atoms with Gasteiger partial charge in [-0.2, -0.15) is 0 Å². The van der Waals surface area contributed by atoms with Crippen LogP contribution in [-0.4, -0.2) is 39.6 Å². The Balaban J connectivity index is 1.04. The number of hydrogen-bond acceptors (Lipinski definition) is 7. The maximum atomic E-state index is 14.5. The molecule has 0 heterocycles. The summed E-state index contributed by atoms with van der Waals surface area (Å²) in [6.07, 6.45) is 17.9. The van der Waals surface area contributed by atoms with Gasteiger partial charge in [0.2, 0.25) is 11.6 Å². The van der Waals surface area contributed by atoms with Gasteiger partial charge in [-0.15, -0.1) is 0 Å². The number of ether oxygens (including phenoxy) is 1. The highest BCUT2D eigenvalue weighted by Gasteiger charge is 2.69. The molecule has 336 valence electrons. The zero-order valence-electron chi connectivity index (χ0n) is 40.1. The van der Waals surface area contributed by atoms with Crippen LogP contribution >= 0.6 is 0 Å². The van der Waals surface area contributed by atoms with Crippen molar-refractivity contribution in [1.82, 2.24) is 0 Å². The van der Waals surface area contributed by atoms with Crippen molar-refractivity contribution >= 4 is 28.9 Å². The molecule has 6 saturated carbocycles. The molecule has 9 aliphatic carbocycles. The molecular weight excluding hydrogens is 785 g/mol. The second-order valence-electron chi connectivity index (χ2n) is 24.9. The normalized spacial score (nSPS) is 47.5. The van der Waals surface area contributed by atoms with Crippen LogP contribution in [0.5, 0.6) is 11.5 Å². The fourth-order valence-electron chi connectivity index (χ4n) is 17.4. The van der Waals surface area contributed by atoms with Crippen LogP contribution in [-0.2, 0) is 24.6 Å². The van der Waals surface area contributed by atoms with Crippen molar-refractivity contribution in [3.63, 3.8) is 0 Å². The van der Waals surface area contributed by atoms with Gasteiger partial charge in [0.1, 0.15) is 11.6 Å². The van der Waals surface area contributed by atoms with Crippen LogP contribution in [0.2, 0.25) is 0 Å². The van der Waals surface area contributed by atoms with E-state index in [4.69, 9.17) is 4.74 Å². The van der Waals surface area contributed by atoms with Crippen molar-refractivity contribution in [2.45, 2.75) is 171 Å². The van der Waals surface area contributed by atoms with Crippen molar-refractivity contribution < 1.29 is 33.8 Å². The van der Waals surface area contributed by atoms with Gasteiger partial charge < -0.3 is 9.84 Å². The smallest absolute Gasteiger partial charge is 0.250 e. The summed E-state index contributed by atoms with van der Waals surface area (Å²) in [5, 5.41) is 12.0. The first-order valence-electron chi connectivity index (χ1n) is 24.3. The molecule has 7 heteroatoms. The third-order valence-corrected chi connectivity index (χ3v) is 21.9. The van der Waals surface area contributed by atoms with Crippen molar-refractivity contribution in [3.8, 4) is 11.5 Å². The first kappa shape index (κ1) is 43.0. The molecule has 7 nitrogen and oxygen atoms in total. The summed E-state index contributed by atoms with van der Waals surface area (Å²) in [4.78, 5) is 69.2.